The molecule has 0 aromatic heterocycles. The lowest BCUT2D eigenvalue weighted by molar-refractivity contribution is -0.147. The molecule has 206 valence electrons. The molecule has 0 bridgehead atoms. The van der Waals surface area contributed by atoms with Crippen LogP contribution in [0.4, 0.5) is 0 Å². The van der Waals surface area contributed by atoms with Crippen molar-refractivity contribution in [3.63, 3.8) is 0 Å². The quantitative estimate of drug-likeness (QED) is 0.327. The van der Waals surface area contributed by atoms with E-state index < -0.39 is 11.9 Å². The van der Waals surface area contributed by atoms with Crippen LogP contribution in [0.3, 0.4) is 0 Å². The predicted molar refractivity (Wildman–Crippen MR) is 139 cm³/mol. The maximum atomic E-state index is 11.8. The minimum absolute atomic E-state index is 0.0108. The number of esters is 2. The monoisotopic (exact) mass is 509 g/mol. The highest BCUT2D eigenvalue weighted by atomic mass is 16.5. The van der Waals surface area contributed by atoms with E-state index in [0.717, 1.165) is 18.7 Å². The van der Waals surface area contributed by atoms with Gasteiger partial charge in [0.15, 0.2) is 5.78 Å². The maximum Gasteiger partial charge on any atom is 0.306 e. The Hall–Kier alpha value is -2.19. The number of carbonyl (C=O) groups is 3. The first-order valence-electron chi connectivity index (χ1n) is 12.9. The van der Waals surface area contributed by atoms with Crippen molar-refractivity contribution in [2.75, 3.05) is 33.9 Å². The van der Waals surface area contributed by atoms with Crippen LogP contribution in [0.25, 0.3) is 0 Å². The van der Waals surface area contributed by atoms with Crippen LogP contribution >= 0.6 is 0 Å². The predicted octanol–water partition coefficient (Wildman–Crippen LogP) is 4.51. The van der Waals surface area contributed by atoms with Crippen molar-refractivity contribution in [3.05, 3.63) is 24.0 Å². The molecule has 2 N–H and O–H groups in total. The summed E-state index contributed by atoms with van der Waals surface area (Å²) in [7, 11) is 2.55. The molecule has 0 radical (unpaired) electrons. The highest BCUT2D eigenvalue weighted by Gasteiger charge is 2.61. The fraction of sp³-hybridized carbons (Fsp3) is 0.750. The lowest BCUT2D eigenvalue weighted by Crippen LogP contribution is -2.69. The number of hydrogen-bond donors (Lipinski definition) is 2. The van der Waals surface area contributed by atoms with Crippen molar-refractivity contribution in [3.8, 4) is 0 Å². The zero-order valence-electron chi connectivity index (χ0n) is 23.2. The second kappa shape index (κ2) is 13.9. The number of ether oxygens (including phenoxy) is 2. The van der Waals surface area contributed by atoms with Crippen molar-refractivity contribution in [1.29, 1.82) is 0 Å². The summed E-state index contributed by atoms with van der Waals surface area (Å²) in [4.78, 5) is 35.2. The fourth-order valence-corrected chi connectivity index (χ4v) is 6.41. The van der Waals surface area contributed by atoms with Gasteiger partial charge < -0.3 is 19.7 Å². The average molecular weight is 510 g/mol. The van der Waals surface area contributed by atoms with Crippen molar-refractivity contribution in [2.45, 2.75) is 91.0 Å². The molecule has 0 amide bonds. The molecule has 8 nitrogen and oxygen atoms in total. The lowest BCUT2D eigenvalue weighted by Gasteiger charge is -2.65. The molecule has 0 aromatic carbocycles. The van der Waals surface area contributed by atoms with Gasteiger partial charge in [0.2, 0.25) is 0 Å². The van der Waals surface area contributed by atoms with Gasteiger partial charge in [-0.25, -0.2) is 0 Å². The Morgan fingerprint density at radius 1 is 0.972 bits per heavy atom. The fourth-order valence-electron chi connectivity index (χ4n) is 6.41. The molecule has 1 unspecified atom stereocenters. The van der Waals surface area contributed by atoms with Crippen LogP contribution in [0.15, 0.2) is 24.0 Å². The van der Waals surface area contributed by atoms with E-state index in [-0.39, 0.29) is 41.6 Å². The number of rotatable bonds is 10. The molecule has 8 heteroatoms. The van der Waals surface area contributed by atoms with E-state index in [0.29, 0.717) is 31.4 Å². The third kappa shape index (κ3) is 7.19. The van der Waals surface area contributed by atoms with Crippen LogP contribution in [-0.2, 0) is 23.9 Å². The number of ketones is 1. The highest BCUT2D eigenvalue weighted by molar-refractivity contribution is 5.89. The summed E-state index contributed by atoms with van der Waals surface area (Å²) >= 11 is 0. The van der Waals surface area contributed by atoms with E-state index in [9.17, 15) is 24.6 Å². The summed E-state index contributed by atoms with van der Waals surface area (Å²) < 4.78 is 8.60. The summed E-state index contributed by atoms with van der Waals surface area (Å²) in [5, 5.41) is 20.9. The Kier molecular flexibility index (Phi) is 12.3. The third-order valence-electron chi connectivity index (χ3n) is 8.07. The maximum absolute atomic E-state index is 11.8. The standard InChI is InChI=1S/C22H37NO3.C6H10O4/c1-6-17(25)10-11-18-19(26)16-20(2,3)22(12-15-24,21(18,4)5)23-13-8-7-9-14-23;1-9-5(7)3-4-6(8)10-2/h6,24,26H,1,7-16H2,2-5H3;3-4H2,1-2H3. The number of allylic oxidation sites excluding steroid dienone is 2. The molecular weight excluding hydrogens is 462 g/mol. The van der Waals surface area contributed by atoms with E-state index >= 15 is 0 Å². The van der Waals surface area contributed by atoms with Gasteiger partial charge in [0.1, 0.15) is 0 Å². The number of aliphatic hydroxyl groups is 2. The summed E-state index contributed by atoms with van der Waals surface area (Å²) in [6, 6.07) is 0. The molecule has 36 heavy (non-hydrogen) atoms. The first kappa shape index (κ1) is 31.8. The van der Waals surface area contributed by atoms with Gasteiger partial charge in [0, 0.05) is 30.4 Å². The molecule has 0 saturated carbocycles. The summed E-state index contributed by atoms with van der Waals surface area (Å²) in [5.41, 5.74) is 0.229. The molecule has 1 heterocycles. The second-order valence-corrected chi connectivity index (χ2v) is 10.8. The van der Waals surface area contributed by atoms with Gasteiger partial charge >= 0.3 is 11.9 Å². The minimum atomic E-state index is -0.398. The number of carbonyl (C=O) groups excluding carboxylic acids is 3. The summed E-state index contributed by atoms with van der Waals surface area (Å²) in [6.45, 7) is 14.6. The van der Waals surface area contributed by atoms with Gasteiger partial charge in [-0.15, -0.1) is 0 Å². The third-order valence-corrected chi connectivity index (χ3v) is 8.07. The van der Waals surface area contributed by atoms with E-state index in [1.54, 1.807) is 0 Å². The molecule has 1 fully saturated rings. The van der Waals surface area contributed by atoms with Crippen molar-refractivity contribution in [1.82, 2.24) is 4.90 Å². The summed E-state index contributed by atoms with van der Waals surface area (Å²) in [6.07, 6.45) is 7.36. The van der Waals surface area contributed by atoms with E-state index in [4.69, 9.17) is 0 Å². The Bertz CT molecular complexity index is 793. The van der Waals surface area contributed by atoms with Crippen LogP contribution in [0.1, 0.15) is 85.5 Å². The van der Waals surface area contributed by atoms with Gasteiger partial charge in [-0.1, -0.05) is 40.7 Å². The van der Waals surface area contributed by atoms with Gasteiger partial charge in [0.05, 0.1) is 32.8 Å². The van der Waals surface area contributed by atoms with Gasteiger partial charge in [-0.3, -0.25) is 19.3 Å². The number of hydrogen-bond acceptors (Lipinski definition) is 8. The first-order chi connectivity index (χ1) is 16.8. The van der Waals surface area contributed by atoms with Crippen molar-refractivity contribution in [2.24, 2.45) is 10.8 Å². The van der Waals surface area contributed by atoms with E-state index in [1.807, 2.05) is 0 Å². The van der Waals surface area contributed by atoms with Crippen molar-refractivity contribution >= 4 is 17.7 Å². The minimum Gasteiger partial charge on any atom is -0.512 e. The zero-order valence-corrected chi connectivity index (χ0v) is 23.2. The van der Waals surface area contributed by atoms with Gasteiger partial charge in [0.25, 0.3) is 0 Å². The number of aliphatic hydroxyl groups excluding tert-OH is 2. The smallest absolute Gasteiger partial charge is 0.306 e. The molecule has 0 aromatic rings. The molecule has 2 rings (SSSR count). The molecule has 1 aliphatic heterocycles. The van der Waals surface area contributed by atoms with Gasteiger partial charge in [-0.2, -0.15) is 0 Å². The van der Waals surface area contributed by atoms with Gasteiger partial charge in [-0.05, 0) is 55.8 Å². The van der Waals surface area contributed by atoms with Crippen LogP contribution in [0.5, 0.6) is 0 Å². The van der Waals surface area contributed by atoms with Crippen LogP contribution in [-0.4, -0.2) is 72.3 Å². The first-order valence-corrected chi connectivity index (χ1v) is 12.9. The van der Waals surface area contributed by atoms with Crippen LogP contribution in [0, 0.1) is 10.8 Å². The van der Waals surface area contributed by atoms with E-state index in [2.05, 4.69) is 48.6 Å². The SMILES string of the molecule is C=CC(=O)CCC1=C(O)CC(C)(C)C(CCO)(N2CCCCC2)C1(C)C.COC(=O)CCC(=O)OC. The Morgan fingerprint density at radius 3 is 1.94 bits per heavy atom. The average Bonchev–Trinajstić information content (AvgIpc) is 2.84. The highest BCUT2D eigenvalue weighted by Crippen LogP contribution is 2.61. The Balaban J connectivity index is 0.000000548. The van der Waals surface area contributed by atoms with Crippen LogP contribution < -0.4 is 0 Å². The number of likely N-dealkylation sites (tertiary alicyclic amines) is 1. The molecule has 0 spiro atoms. The van der Waals surface area contributed by atoms with E-state index in [1.165, 1.54) is 39.6 Å². The zero-order chi connectivity index (χ0) is 27.6. The topological polar surface area (TPSA) is 113 Å². The molecular formula is C28H47NO7. The number of methoxy groups -OCH3 is 2. The largest absolute Gasteiger partial charge is 0.512 e. The normalized spacial score (nSPS) is 23.2. The Morgan fingerprint density at radius 2 is 1.50 bits per heavy atom. The molecule has 1 saturated heterocycles. The van der Waals surface area contributed by atoms with Crippen LogP contribution in [0.2, 0.25) is 0 Å². The molecule has 1 aliphatic carbocycles. The lowest BCUT2D eigenvalue weighted by atomic mass is 9.49. The number of nitrogens with zero attached hydrogens (tertiary/aromatic N) is 1. The number of piperidine rings is 1. The molecule has 1 atom stereocenters. The van der Waals surface area contributed by atoms with Crippen molar-refractivity contribution < 1.29 is 34.1 Å². The summed E-state index contributed by atoms with van der Waals surface area (Å²) in [5.74, 6) is -0.352. The second-order valence-electron chi connectivity index (χ2n) is 10.8. The Labute approximate surface area is 216 Å². The molecule has 2 aliphatic rings.